The lowest BCUT2D eigenvalue weighted by molar-refractivity contribution is -0.291. The quantitative estimate of drug-likeness (QED) is 0.786. The van der Waals surface area contributed by atoms with E-state index >= 15 is 0 Å². The monoisotopic (exact) mass is 257 g/mol. The summed E-state index contributed by atoms with van der Waals surface area (Å²) in [5.74, 6) is -1.46. The molecule has 0 fully saturated rings. The number of nitrogens with one attached hydrogen (secondary N) is 1. The van der Waals surface area contributed by atoms with Crippen LogP contribution in [-0.4, -0.2) is 17.3 Å². The number of hydrogen-bond acceptors (Lipinski definition) is 2. The molecule has 13 heavy (non-hydrogen) atoms. The molecule has 0 aliphatic rings. The summed E-state index contributed by atoms with van der Waals surface area (Å²) in [6.45, 7) is 0. The van der Waals surface area contributed by atoms with E-state index in [0.29, 0.717) is 4.47 Å². The van der Waals surface area contributed by atoms with E-state index in [1.807, 2.05) is 0 Å². The highest BCUT2D eigenvalue weighted by molar-refractivity contribution is 9.10. The van der Waals surface area contributed by atoms with Crippen molar-refractivity contribution in [3.05, 3.63) is 22.4 Å². The first-order chi connectivity index (χ1) is 5.88. The van der Waals surface area contributed by atoms with Gasteiger partial charge in [0.25, 0.3) is 0 Å². The summed E-state index contributed by atoms with van der Waals surface area (Å²) >= 11 is 2.96. The molecule has 0 bridgehead atoms. The Morgan fingerprint density at radius 1 is 1.54 bits per heavy atom. The summed E-state index contributed by atoms with van der Waals surface area (Å²) in [6.07, 6.45) is -3.62. The molecular formula is C6H3BrF3NO2. The number of hydrogen-bond donors (Lipinski definition) is 1. The third-order valence-electron chi connectivity index (χ3n) is 1.08. The van der Waals surface area contributed by atoms with Crippen LogP contribution in [0.4, 0.5) is 13.2 Å². The molecule has 0 atom stereocenters. The van der Waals surface area contributed by atoms with Crippen molar-refractivity contribution >= 4 is 21.9 Å². The molecule has 0 aliphatic heterocycles. The minimum Gasteiger partial charge on any atom is -0.368 e. The van der Waals surface area contributed by atoms with E-state index in [2.05, 4.69) is 25.7 Å². The Morgan fingerprint density at radius 2 is 2.15 bits per heavy atom. The summed E-state index contributed by atoms with van der Waals surface area (Å²) in [6, 6.07) is 1.19. The third-order valence-corrected chi connectivity index (χ3v) is 1.53. The highest BCUT2D eigenvalue weighted by Gasteiger charge is 2.34. The van der Waals surface area contributed by atoms with Crippen LogP contribution in [-0.2, 0) is 4.74 Å². The number of H-pyrrole nitrogens is 1. The molecule has 0 amide bonds. The van der Waals surface area contributed by atoms with Crippen LogP contribution in [0.25, 0.3) is 0 Å². The standard InChI is InChI=1S/C6H3BrF3NO2/c7-3-1-4(11-2-3)5(12)13-6(8,9)10/h1-2,11H. The van der Waals surface area contributed by atoms with Crippen LogP contribution in [0, 0.1) is 0 Å². The molecule has 1 aromatic rings. The summed E-state index contributed by atoms with van der Waals surface area (Å²) in [5.41, 5.74) is -0.260. The molecule has 0 radical (unpaired) electrons. The van der Waals surface area contributed by atoms with Gasteiger partial charge in [-0.2, -0.15) is 0 Å². The van der Waals surface area contributed by atoms with Crippen LogP contribution in [0.5, 0.6) is 0 Å². The predicted octanol–water partition coefficient (Wildman–Crippen LogP) is 2.45. The van der Waals surface area contributed by atoms with Crippen LogP contribution in [0.3, 0.4) is 0 Å². The van der Waals surface area contributed by atoms with Gasteiger partial charge < -0.3 is 9.72 Å². The predicted molar refractivity (Wildman–Crippen MR) is 40.0 cm³/mol. The maximum Gasteiger partial charge on any atom is 0.575 e. The molecule has 0 spiro atoms. The van der Waals surface area contributed by atoms with Gasteiger partial charge in [-0.3, -0.25) is 0 Å². The highest BCUT2D eigenvalue weighted by Crippen LogP contribution is 2.19. The average molecular weight is 258 g/mol. The lowest BCUT2D eigenvalue weighted by Crippen LogP contribution is -2.19. The smallest absolute Gasteiger partial charge is 0.368 e. The number of esters is 1. The Hall–Kier alpha value is -0.980. The molecule has 1 heterocycles. The average Bonchev–Trinajstić information content (AvgIpc) is 2.31. The minimum absolute atomic E-state index is 0.260. The summed E-state index contributed by atoms with van der Waals surface area (Å²) < 4.78 is 38.2. The molecule has 0 saturated carbocycles. The van der Waals surface area contributed by atoms with Crippen molar-refractivity contribution in [2.75, 3.05) is 0 Å². The van der Waals surface area contributed by atoms with Gasteiger partial charge in [0.1, 0.15) is 5.69 Å². The van der Waals surface area contributed by atoms with E-state index in [1.165, 1.54) is 12.3 Å². The normalized spacial score (nSPS) is 11.4. The Morgan fingerprint density at radius 3 is 2.54 bits per heavy atom. The Kier molecular flexibility index (Phi) is 2.65. The minimum atomic E-state index is -4.95. The number of halogens is 4. The number of carbonyl (C=O) groups is 1. The van der Waals surface area contributed by atoms with Gasteiger partial charge in [-0.15, -0.1) is 13.2 Å². The van der Waals surface area contributed by atoms with Gasteiger partial charge >= 0.3 is 12.3 Å². The van der Waals surface area contributed by atoms with E-state index in [9.17, 15) is 18.0 Å². The number of ether oxygens (including phenoxy) is 1. The van der Waals surface area contributed by atoms with Crippen molar-refractivity contribution in [2.45, 2.75) is 6.36 Å². The van der Waals surface area contributed by atoms with E-state index in [1.54, 1.807) is 0 Å². The van der Waals surface area contributed by atoms with E-state index in [-0.39, 0.29) is 5.69 Å². The highest BCUT2D eigenvalue weighted by atomic mass is 79.9. The second-order valence-electron chi connectivity index (χ2n) is 2.07. The van der Waals surface area contributed by atoms with Gasteiger partial charge in [0.15, 0.2) is 0 Å². The van der Waals surface area contributed by atoms with Crippen LogP contribution in [0.2, 0.25) is 0 Å². The first kappa shape index (κ1) is 10.1. The van der Waals surface area contributed by atoms with Crippen molar-refractivity contribution in [1.82, 2.24) is 4.98 Å². The van der Waals surface area contributed by atoms with Crippen molar-refractivity contribution < 1.29 is 22.7 Å². The van der Waals surface area contributed by atoms with Gasteiger partial charge in [-0.1, -0.05) is 0 Å². The molecule has 72 valence electrons. The van der Waals surface area contributed by atoms with E-state index < -0.39 is 12.3 Å². The Labute approximate surface area is 79.0 Å². The number of alkyl halides is 3. The number of rotatable bonds is 1. The molecule has 0 saturated heterocycles. The molecule has 3 nitrogen and oxygen atoms in total. The lowest BCUT2D eigenvalue weighted by Gasteiger charge is -2.04. The lowest BCUT2D eigenvalue weighted by atomic mass is 10.4. The molecule has 7 heteroatoms. The molecule has 1 rings (SSSR count). The zero-order chi connectivity index (χ0) is 10.1. The van der Waals surface area contributed by atoms with Gasteiger partial charge in [0.05, 0.1) is 0 Å². The SMILES string of the molecule is O=C(OC(F)(F)F)c1cc(Br)c[nH]1. The second kappa shape index (κ2) is 3.41. The molecule has 1 aromatic heterocycles. The molecule has 1 N–H and O–H groups in total. The summed E-state index contributed by atoms with van der Waals surface area (Å²) in [7, 11) is 0. The van der Waals surface area contributed by atoms with Crippen molar-refractivity contribution in [3.63, 3.8) is 0 Å². The molecular weight excluding hydrogens is 255 g/mol. The van der Waals surface area contributed by atoms with Gasteiger partial charge in [0.2, 0.25) is 0 Å². The van der Waals surface area contributed by atoms with Crippen LogP contribution in [0.15, 0.2) is 16.7 Å². The first-order valence-corrected chi connectivity index (χ1v) is 3.82. The van der Waals surface area contributed by atoms with Gasteiger partial charge in [-0.25, -0.2) is 4.79 Å². The molecule has 0 aromatic carbocycles. The van der Waals surface area contributed by atoms with Crippen molar-refractivity contribution in [2.24, 2.45) is 0 Å². The van der Waals surface area contributed by atoms with Gasteiger partial charge in [-0.05, 0) is 22.0 Å². The fourth-order valence-corrected chi connectivity index (χ4v) is 0.989. The molecule has 0 unspecified atom stereocenters. The van der Waals surface area contributed by atoms with Crippen molar-refractivity contribution in [1.29, 1.82) is 0 Å². The van der Waals surface area contributed by atoms with Crippen LogP contribution in [0.1, 0.15) is 10.5 Å². The maximum atomic E-state index is 11.5. The molecule has 0 aliphatic carbocycles. The largest absolute Gasteiger partial charge is 0.575 e. The number of aromatic amines is 1. The van der Waals surface area contributed by atoms with E-state index in [0.717, 1.165) is 0 Å². The number of carbonyl (C=O) groups excluding carboxylic acids is 1. The fourth-order valence-electron chi connectivity index (χ4n) is 0.646. The van der Waals surface area contributed by atoms with E-state index in [4.69, 9.17) is 0 Å². The summed E-state index contributed by atoms with van der Waals surface area (Å²) in [5, 5.41) is 0. The second-order valence-corrected chi connectivity index (χ2v) is 2.98. The van der Waals surface area contributed by atoms with Crippen LogP contribution < -0.4 is 0 Å². The maximum absolute atomic E-state index is 11.5. The number of aromatic nitrogens is 1. The van der Waals surface area contributed by atoms with Gasteiger partial charge in [0, 0.05) is 10.7 Å². The first-order valence-electron chi connectivity index (χ1n) is 3.02. The topological polar surface area (TPSA) is 42.1 Å². The zero-order valence-corrected chi connectivity index (χ0v) is 7.57. The fraction of sp³-hybridized carbons (Fsp3) is 0.167. The van der Waals surface area contributed by atoms with Crippen molar-refractivity contribution in [3.8, 4) is 0 Å². The zero-order valence-electron chi connectivity index (χ0n) is 5.98. The Balaban J connectivity index is 2.70. The third kappa shape index (κ3) is 3.10. The summed E-state index contributed by atoms with van der Waals surface area (Å²) in [4.78, 5) is 13.0. The van der Waals surface area contributed by atoms with Crippen LogP contribution >= 0.6 is 15.9 Å². The Bertz CT molecular complexity index is 320.